The molecule has 0 bridgehead atoms. The third-order valence-electron chi connectivity index (χ3n) is 7.03. The van der Waals surface area contributed by atoms with Crippen LogP contribution in [0.15, 0.2) is 48.5 Å². The van der Waals surface area contributed by atoms with Gasteiger partial charge in [-0.1, -0.05) is 61.4 Å². The molecule has 0 aliphatic heterocycles. The summed E-state index contributed by atoms with van der Waals surface area (Å²) in [5.41, 5.74) is 3.57. The molecule has 2 aromatic rings. The Kier molecular flexibility index (Phi) is 6.91. The summed E-state index contributed by atoms with van der Waals surface area (Å²) >= 11 is 0. The molecule has 2 aromatic carbocycles. The first-order valence-electron chi connectivity index (χ1n) is 11.9. The zero-order valence-corrected chi connectivity index (χ0v) is 19.7. The molecule has 2 atom stereocenters. The van der Waals surface area contributed by atoms with Crippen LogP contribution >= 0.6 is 0 Å². The predicted octanol–water partition coefficient (Wildman–Crippen LogP) is 4.31. The van der Waals surface area contributed by atoms with Gasteiger partial charge in [0.15, 0.2) is 0 Å². The molecule has 0 radical (unpaired) electrons. The maximum absolute atomic E-state index is 12.8. The van der Waals surface area contributed by atoms with Gasteiger partial charge < -0.3 is 20.5 Å². The summed E-state index contributed by atoms with van der Waals surface area (Å²) < 4.78 is 5.66. The molecule has 0 saturated heterocycles. The molecule has 0 aromatic heterocycles. The summed E-state index contributed by atoms with van der Waals surface area (Å²) in [6, 6.07) is 16.0. The second kappa shape index (κ2) is 9.87. The molecular formula is C27H32N2O5. The molecule has 7 heteroatoms. The highest BCUT2D eigenvalue weighted by atomic mass is 16.5. The van der Waals surface area contributed by atoms with Crippen LogP contribution in [0.4, 0.5) is 4.79 Å². The van der Waals surface area contributed by atoms with Gasteiger partial charge in [0.1, 0.15) is 6.61 Å². The van der Waals surface area contributed by atoms with Crippen LogP contribution in [0.5, 0.6) is 0 Å². The van der Waals surface area contributed by atoms with E-state index in [2.05, 4.69) is 34.9 Å². The maximum atomic E-state index is 12.8. The first-order chi connectivity index (χ1) is 16.3. The Labute approximate surface area is 199 Å². The number of nitrogens with one attached hydrogen (secondary N) is 2. The minimum absolute atomic E-state index is 0.0261. The van der Waals surface area contributed by atoms with Crippen LogP contribution in [0.3, 0.4) is 0 Å². The van der Waals surface area contributed by atoms with Crippen molar-refractivity contribution in [1.82, 2.24) is 10.6 Å². The van der Waals surface area contributed by atoms with Gasteiger partial charge in [-0.15, -0.1) is 0 Å². The topological polar surface area (TPSA) is 105 Å². The lowest BCUT2D eigenvalue weighted by Gasteiger charge is -2.32. The van der Waals surface area contributed by atoms with Gasteiger partial charge in [0.2, 0.25) is 5.91 Å². The smallest absolute Gasteiger partial charge is 0.407 e. The number of benzene rings is 2. The zero-order chi connectivity index (χ0) is 24.3. The van der Waals surface area contributed by atoms with E-state index in [1.54, 1.807) is 13.8 Å². The van der Waals surface area contributed by atoms with E-state index in [9.17, 15) is 19.5 Å². The largest absolute Gasteiger partial charge is 0.481 e. The van der Waals surface area contributed by atoms with Gasteiger partial charge in [0.05, 0.1) is 11.3 Å². The molecule has 2 aliphatic rings. The number of fused-ring (bicyclic) bond motifs is 3. The van der Waals surface area contributed by atoms with Crippen molar-refractivity contribution in [3.63, 3.8) is 0 Å². The zero-order valence-electron chi connectivity index (χ0n) is 19.7. The Morgan fingerprint density at radius 2 is 1.56 bits per heavy atom. The fraction of sp³-hybridized carbons (Fsp3) is 0.444. The summed E-state index contributed by atoms with van der Waals surface area (Å²) in [7, 11) is 0. The molecule has 2 amide bonds. The molecule has 0 heterocycles. The molecule has 4 rings (SSSR count). The average molecular weight is 465 g/mol. The van der Waals surface area contributed by atoms with Crippen molar-refractivity contribution >= 4 is 18.0 Å². The number of hydrogen-bond acceptors (Lipinski definition) is 4. The summed E-state index contributed by atoms with van der Waals surface area (Å²) in [6.45, 7) is 3.40. The molecule has 34 heavy (non-hydrogen) atoms. The normalized spacial score (nSPS) is 19.6. The van der Waals surface area contributed by atoms with Crippen molar-refractivity contribution in [1.29, 1.82) is 0 Å². The highest BCUT2D eigenvalue weighted by Crippen LogP contribution is 2.44. The van der Waals surface area contributed by atoms with Crippen LogP contribution in [0.2, 0.25) is 0 Å². The third kappa shape index (κ3) is 4.93. The first-order valence-corrected chi connectivity index (χ1v) is 11.9. The van der Waals surface area contributed by atoms with Gasteiger partial charge >= 0.3 is 12.1 Å². The monoisotopic (exact) mass is 464 g/mol. The number of carbonyl (C=O) groups excluding carboxylic acids is 2. The van der Waals surface area contributed by atoms with Crippen molar-refractivity contribution in [2.75, 3.05) is 13.2 Å². The number of amides is 2. The van der Waals surface area contributed by atoms with Crippen LogP contribution in [0.1, 0.15) is 56.6 Å². The van der Waals surface area contributed by atoms with Crippen molar-refractivity contribution in [2.24, 2.45) is 11.3 Å². The highest BCUT2D eigenvalue weighted by Gasteiger charge is 2.35. The molecule has 0 spiro atoms. The standard InChI is InChI=1S/C27H32N2O5/c1-27(2,25(31)32)16-28-24(30)21-13-7-8-14-23(21)29-26(33)34-15-22-19-11-5-3-9-17(19)18-10-4-6-12-20(18)22/h3-6,9-12,21-23H,7-8,13-16H2,1-2H3,(H,28,30)(H,29,33)(H,31,32)/t21-,23+/m0/s1. The van der Waals surface area contributed by atoms with E-state index in [0.717, 1.165) is 24.0 Å². The lowest BCUT2D eigenvalue weighted by Crippen LogP contribution is -2.50. The van der Waals surface area contributed by atoms with Crippen LogP contribution in [0.25, 0.3) is 11.1 Å². The molecule has 2 aliphatic carbocycles. The number of carbonyl (C=O) groups is 3. The Bertz CT molecular complexity index is 1030. The van der Waals surface area contributed by atoms with Gasteiger partial charge in [0, 0.05) is 18.5 Å². The van der Waals surface area contributed by atoms with Crippen molar-refractivity contribution in [2.45, 2.75) is 51.5 Å². The molecule has 0 unspecified atom stereocenters. The van der Waals surface area contributed by atoms with E-state index in [1.807, 2.05) is 24.3 Å². The Balaban J connectivity index is 1.37. The van der Waals surface area contributed by atoms with Gasteiger partial charge in [-0.05, 0) is 48.9 Å². The molecule has 3 N–H and O–H groups in total. The van der Waals surface area contributed by atoms with Gasteiger partial charge in [0.25, 0.3) is 0 Å². The van der Waals surface area contributed by atoms with E-state index in [1.165, 1.54) is 11.1 Å². The van der Waals surface area contributed by atoms with Gasteiger partial charge in [-0.2, -0.15) is 0 Å². The molecule has 180 valence electrons. The van der Waals surface area contributed by atoms with Crippen molar-refractivity contribution in [3.8, 4) is 11.1 Å². The molecule has 1 fully saturated rings. The molecule has 7 nitrogen and oxygen atoms in total. The van der Waals surface area contributed by atoms with Gasteiger partial charge in [-0.3, -0.25) is 9.59 Å². The number of carboxylic acid groups (broad SMARTS) is 1. The van der Waals surface area contributed by atoms with E-state index in [-0.39, 0.29) is 31.0 Å². The Hall–Kier alpha value is -3.35. The van der Waals surface area contributed by atoms with Crippen molar-refractivity contribution < 1.29 is 24.2 Å². The second-order valence-corrected chi connectivity index (χ2v) is 9.87. The van der Waals surface area contributed by atoms with Gasteiger partial charge in [-0.25, -0.2) is 4.79 Å². The van der Waals surface area contributed by atoms with Crippen LogP contribution in [-0.4, -0.2) is 42.3 Å². The quantitative estimate of drug-likeness (QED) is 0.566. The first kappa shape index (κ1) is 23.8. The molecule has 1 saturated carbocycles. The van der Waals surface area contributed by atoms with Crippen molar-refractivity contribution in [3.05, 3.63) is 59.7 Å². The van der Waals surface area contributed by atoms with Crippen LogP contribution < -0.4 is 10.6 Å². The lowest BCUT2D eigenvalue weighted by molar-refractivity contribution is -0.147. The number of rotatable bonds is 7. The Morgan fingerprint density at radius 1 is 0.971 bits per heavy atom. The minimum atomic E-state index is -1.06. The Morgan fingerprint density at radius 3 is 2.18 bits per heavy atom. The SMILES string of the molecule is CC(C)(CNC(=O)[C@H]1CCCC[C@H]1NC(=O)OCC1c2ccccc2-c2ccccc21)C(=O)O. The van der Waals surface area contributed by atoms with E-state index < -0.39 is 23.4 Å². The van der Waals surface area contributed by atoms with E-state index >= 15 is 0 Å². The lowest BCUT2D eigenvalue weighted by atomic mass is 9.83. The predicted molar refractivity (Wildman–Crippen MR) is 128 cm³/mol. The fourth-order valence-corrected chi connectivity index (χ4v) is 4.92. The number of carboxylic acids is 1. The second-order valence-electron chi connectivity index (χ2n) is 9.87. The van der Waals surface area contributed by atoms with E-state index in [4.69, 9.17) is 4.74 Å². The van der Waals surface area contributed by atoms with Crippen LogP contribution in [0, 0.1) is 11.3 Å². The summed E-state index contributed by atoms with van der Waals surface area (Å²) in [5, 5.41) is 14.9. The third-order valence-corrected chi connectivity index (χ3v) is 7.03. The summed E-state index contributed by atoms with van der Waals surface area (Å²) in [5.74, 6) is -1.62. The maximum Gasteiger partial charge on any atom is 0.407 e. The number of hydrogen-bond donors (Lipinski definition) is 3. The summed E-state index contributed by atoms with van der Waals surface area (Å²) in [6.07, 6.45) is 2.61. The van der Waals surface area contributed by atoms with Crippen LogP contribution in [-0.2, 0) is 14.3 Å². The fourth-order valence-electron chi connectivity index (χ4n) is 4.92. The minimum Gasteiger partial charge on any atom is -0.481 e. The number of alkyl carbamates (subject to hydrolysis) is 1. The highest BCUT2D eigenvalue weighted by molar-refractivity contribution is 5.82. The summed E-state index contributed by atoms with van der Waals surface area (Å²) in [4.78, 5) is 36.9. The average Bonchev–Trinajstić information content (AvgIpc) is 3.15. The number of aliphatic carboxylic acids is 1. The molecular weight excluding hydrogens is 432 g/mol. The van der Waals surface area contributed by atoms with E-state index in [0.29, 0.717) is 12.8 Å². The number of ether oxygens (including phenoxy) is 1.